The van der Waals surface area contributed by atoms with E-state index in [2.05, 4.69) is 16.8 Å². The Morgan fingerprint density at radius 3 is 1.77 bits per heavy atom. The number of unbranched alkanes of at least 4 members (excludes halogenated alkanes) is 5. The van der Waals surface area contributed by atoms with Gasteiger partial charge >= 0.3 is 5.97 Å². The van der Waals surface area contributed by atoms with Crippen molar-refractivity contribution in [2.75, 3.05) is 20.3 Å². The summed E-state index contributed by atoms with van der Waals surface area (Å²) < 4.78 is 16.0. The molecule has 2 rings (SSSR count). The van der Waals surface area contributed by atoms with Gasteiger partial charge in [0.05, 0.1) is 31.7 Å². The lowest BCUT2D eigenvalue weighted by Gasteiger charge is -2.06. The molecule has 0 saturated carbocycles. The van der Waals surface area contributed by atoms with E-state index in [0.29, 0.717) is 18.8 Å². The van der Waals surface area contributed by atoms with Crippen molar-refractivity contribution in [3.63, 3.8) is 0 Å². The number of ether oxygens (including phenoxy) is 3. The van der Waals surface area contributed by atoms with Crippen LogP contribution in [0.3, 0.4) is 0 Å². The van der Waals surface area contributed by atoms with Crippen LogP contribution in [0, 0.1) is 0 Å². The molecule has 0 bridgehead atoms. The lowest BCUT2D eigenvalue weighted by atomic mass is 10.1. The van der Waals surface area contributed by atoms with Crippen LogP contribution in [0.1, 0.15) is 45.4 Å². The Labute approximate surface area is 184 Å². The summed E-state index contributed by atoms with van der Waals surface area (Å²) in [4.78, 5) is 11.2. The van der Waals surface area contributed by atoms with E-state index in [9.17, 15) is 4.79 Å². The molecule has 0 saturated heterocycles. The van der Waals surface area contributed by atoms with Crippen LogP contribution in [-0.2, 0) is 9.53 Å². The number of methoxy groups -OCH3 is 1. The molecule has 2 aromatic rings. The predicted octanol–water partition coefficient (Wildman–Crippen LogP) is 6.95. The molecule has 0 heterocycles. The van der Waals surface area contributed by atoms with Crippen LogP contribution in [0.15, 0.2) is 70.9 Å². The Morgan fingerprint density at radius 1 is 0.774 bits per heavy atom. The first-order valence-electron chi connectivity index (χ1n) is 10.7. The van der Waals surface area contributed by atoms with Gasteiger partial charge in [-0.05, 0) is 68.3 Å². The number of carbonyl (C=O) groups excluding carboxylic acids is 1. The second-order valence-corrected chi connectivity index (χ2v) is 7.28. The third kappa shape index (κ3) is 9.94. The Hall–Kier alpha value is -3.15. The molecule has 0 fully saturated rings. The smallest absolute Gasteiger partial charge is 0.333 e. The first kappa shape index (κ1) is 24.1. The largest absolute Gasteiger partial charge is 0.497 e. The number of benzene rings is 2. The Morgan fingerprint density at radius 2 is 1.26 bits per heavy atom. The normalized spacial score (nSPS) is 10.8. The van der Waals surface area contributed by atoms with Crippen molar-refractivity contribution in [1.29, 1.82) is 0 Å². The Kier molecular flexibility index (Phi) is 10.9. The van der Waals surface area contributed by atoms with Crippen molar-refractivity contribution >= 4 is 17.3 Å². The molecule has 6 nitrogen and oxygen atoms in total. The van der Waals surface area contributed by atoms with Crippen molar-refractivity contribution in [2.45, 2.75) is 45.4 Å². The quantitative estimate of drug-likeness (QED) is 0.142. The Balaban J connectivity index is 1.54. The second-order valence-electron chi connectivity index (χ2n) is 7.28. The predicted molar refractivity (Wildman–Crippen MR) is 123 cm³/mol. The van der Waals surface area contributed by atoms with Crippen molar-refractivity contribution in [3.8, 4) is 11.5 Å². The van der Waals surface area contributed by atoms with E-state index in [1.165, 1.54) is 0 Å². The molecular formula is C25H32N2O4. The van der Waals surface area contributed by atoms with Gasteiger partial charge in [0.15, 0.2) is 0 Å². The van der Waals surface area contributed by atoms with Crippen molar-refractivity contribution in [2.24, 2.45) is 10.2 Å². The number of rotatable bonds is 14. The van der Waals surface area contributed by atoms with Gasteiger partial charge < -0.3 is 14.2 Å². The minimum Gasteiger partial charge on any atom is -0.497 e. The lowest BCUT2D eigenvalue weighted by molar-refractivity contribution is -0.139. The first-order valence-corrected chi connectivity index (χ1v) is 10.7. The van der Waals surface area contributed by atoms with Crippen LogP contribution in [0.25, 0.3) is 0 Å². The first-order chi connectivity index (χ1) is 15.1. The molecule has 6 heteroatoms. The monoisotopic (exact) mass is 424 g/mol. The van der Waals surface area contributed by atoms with Crippen LogP contribution < -0.4 is 9.47 Å². The summed E-state index contributed by atoms with van der Waals surface area (Å²) >= 11 is 0. The zero-order valence-electron chi connectivity index (χ0n) is 18.5. The number of esters is 1. The number of hydrogen-bond acceptors (Lipinski definition) is 6. The third-order valence-corrected chi connectivity index (χ3v) is 4.58. The number of azo groups is 1. The fraction of sp³-hybridized carbons (Fsp3) is 0.400. The van der Waals surface area contributed by atoms with Crippen molar-refractivity contribution in [3.05, 3.63) is 60.7 Å². The van der Waals surface area contributed by atoms with Gasteiger partial charge in [-0.2, -0.15) is 10.2 Å². The lowest BCUT2D eigenvalue weighted by Crippen LogP contribution is -2.06. The van der Waals surface area contributed by atoms with Gasteiger partial charge in [-0.25, -0.2) is 4.79 Å². The van der Waals surface area contributed by atoms with Crippen LogP contribution in [-0.4, -0.2) is 26.3 Å². The minimum atomic E-state index is -0.300. The molecule has 0 aliphatic heterocycles. The fourth-order valence-electron chi connectivity index (χ4n) is 2.76. The van der Waals surface area contributed by atoms with E-state index in [-0.39, 0.29) is 5.97 Å². The standard InChI is InChI=1S/C25H32N2O4/c1-20(2)25(28)31-19-9-7-5-4-6-8-18-30-24-16-12-22(13-17-24)27-26-21-10-14-23(29-3)15-11-21/h10-17H,1,4-9,18-19H2,2-3H3. The van der Waals surface area contributed by atoms with Crippen LogP contribution in [0.5, 0.6) is 11.5 Å². The average Bonchev–Trinajstić information content (AvgIpc) is 2.79. The van der Waals surface area contributed by atoms with Gasteiger partial charge in [0.25, 0.3) is 0 Å². The molecule has 0 N–H and O–H groups in total. The van der Waals surface area contributed by atoms with E-state index >= 15 is 0 Å². The van der Waals surface area contributed by atoms with Crippen molar-refractivity contribution < 1.29 is 19.0 Å². The maximum atomic E-state index is 11.2. The second kappa shape index (κ2) is 14.0. The summed E-state index contributed by atoms with van der Waals surface area (Å²) in [7, 11) is 1.63. The van der Waals surface area contributed by atoms with Gasteiger partial charge in [-0.3, -0.25) is 0 Å². The zero-order valence-corrected chi connectivity index (χ0v) is 18.5. The summed E-state index contributed by atoms with van der Waals surface area (Å²) in [5.74, 6) is 1.33. The third-order valence-electron chi connectivity index (χ3n) is 4.58. The molecule has 0 aliphatic carbocycles. The molecule has 31 heavy (non-hydrogen) atoms. The molecule has 0 radical (unpaired) electrons. The summed E-state index contributed by atoms with van der Waals surface area (Å²) in [5.41, 5.74) is 2.00. The number of carbonyl (C=O) groups is 1. The molecule has 0 aliphatic rings. The van der Waals surface area contributed by atoms with Gasteiger partial charge in [0, 0.05) is 5.57 Å². The molecular weight excluding hydrogens is 392 g/mol. The summed E-state index contributed by atoms with van der Waals surface area (Å²) in [6, 6.07) is 15.0. The summed E-state index contributed by atoms with van der Waals surface area (Å²) in [6.45, 7) is 6.40. The minimum absolute atomic E-state index is 0.300. The maximum absolute atomic E-state index is 11.2. The highest BCUT2D eigenvalue weighted by molar-refractivity contribution is 5.86. The van der Waals surface area contributed by atoms with E-state index < -0.39 is 0 Å². The van der Waals surface area contributed by atoms with Gasteiger partial charge in [-0.1, -0.05) is 32.3 Å². The number of hydrogen-bond donors (Lipinski definition) is 0. The molecule has 0 atom stereocenters. The van der Waals surface area contributed by atoms with E-state index in [4.69, 9.17) is 14.2 Å². The van der Waals surface area contributed by atoms with Gasteiger partial charge in [-0.15, -0.1) is 0 Å². The van der Waals surface area contributed by atoms with Crippen LogP contribution in [0.4, 0.5) is 11.4 Å². The molecule has 2 aromatic carbocycles. The summed E-state index contributed by atoms with van der Waals surface area (Å²) in [6.07, 6.45) is 6.40. The van der Waals surface area contributed by atoms with Crippen LogP contribution >= 0.6 is 0 Å². The highest BCUT2D eigenvalue weighted by Crippen LogP contribution is 2.23. The van der Waals surface area contributed by atoms with Gasteiger partial charge in [0.1, 0.15) is 11.5 Å². The fourth-order valence-corrected chi connectivity index (χ4v) is 2.76. The van der Waals surface area contributed by atoms with Crippen molar-refractivity contribution in [1.82, 2.24) is 0 Å². The molecule has 0 aromatic heterocycles. The van der Waals surface area contributed by atoms with E-state index in [1.807, 2.05) is 48.5 Å². The van der Waals surface area contributed by atoms with Gasteiger partial charge in [0.2, 0.25) is 0 Å². The number of nitrogens with zero attached hydrogens (tertiary/aromatic N) is 2. The van der Waals surface area contributed by atoms with E-state index in [1.54, 1.807) is 14.0 Å². The molecule has 166 valence electrons. The molecule has 0 unspecified atom stereocenters. The van der Waals surface area contributed by atoms with Crippen LogP contribution in [0.2, 0.25) is 0 Å². The van der Waals surface area contributed by atoms with E-state index in [0.717, 1.165) is 61.4 Å². The maximum Gasteiger partial charge on any atom is 0.333 e. The Bertz CT molecular complexity index is 830. The molecule has 0 amide bonds. The highest BCUT2D eigenvalue weighted by Gasteiger charge is 2.02. The highest BCUT2D eigenvalue weighted by atomic mass is 16.5. The average molecular weight is 425 g/mol. The zero-order chi connectivity index (χ0) is 22.3. The SMILES string of the molecule is C=C(C)C(=O)OCCCCCCCCOc1ccc(N=Nc2ccc(OC)cc2)cc1. The summed E-state index contributed by atoms with van der Waals surface area (Å²) in [5, 5.41) is 8.46. The molecule has 0 spiro atoms. The topological polar surface area (TPSA) is 69.5 Å².